The summed E-state index contributed by atoms with van der Waals surface area (Å²) in [5.41, 5.74) is 4.08. The number of urea groups is 1. The Morgan fingerprint density at radius 3 is 2.31 bits per heavy atom. The fraction of sp³-hybridized carbons (Fsp3) is 0.613. The third kappa shape index (κ3) is 7.20. The van der Waals surface area contributed by atoms with Crippen LogP contribution in [0, 0.1) is 11.8 Å². The van der Waals surface area contributed by atoms with Gasteiger partial charge in [-0.05, 0) is 101 Å². The first-order valence-electron chi connectivity index (χ1n) is 15.1. The van der Waals surface area contributed by atoms with E-state index in [0.29, 0.717) is 25.4 Å². The number of rotatable bonds is 7. The number of hydrogen-bond donors (Lipinski definition) is 3. The lowest BCUT2D eigenvalue weighted by atomic mass is 9.73. The molecule has 1 aromatic carbocycles. The molecule has 3 N–H and O–H groups in total. The van der Waals surface area contributed by atoms with Crippen molar-refractivity contribution >= 4 is 55.4 Å². The summed E-state index contributed by atoms with van der Waals surface area (Å²) in [5, 5.41) is 23.0. The number of carbonyl (C=O) groups excluding carboxylic acids is 2. The van der Waals surface area contributed by atoms with Crippen molar-refractivity contribution in [2.75, 3.05) is 52.5 Å². The Balaban J connectivity index is 1.19. The van der Waals surface area contributed by atoms with E-state index in [1.54, 1.807) is 4.90 Å². The van der Waals surface area contributed by atoms with Crippen LogP contribution in [0.15, 0.2) is 38.9 Å². The summed E-state index contributed by atoms with van der Waals surface area (Å²) in [5.74, 6) is 1.21. The third-order valence-corrected chi connectivity index (χ3v) is 10.8. The molecule has 0 aromatic heterocycles. The summed E-state index contributed by atoms with van der Waals surface area (Å²) in [7, 11) is 0. The molecule has 2 fully saturated rings. The zero-order valence-corrected chi connectivity index (χ0v) is 27.8. The number of halogens is 3. The minimum absolute atomic E-state index is 0.129. The van der Waals surface area contributed by atoms with Crippen molar-refractivity contribution in [3.63, 3.8) is 0 Å². The van der Waals surface area contributed by atoms with Gasteiger partial charge in [0.05, 0.1) is 19.3 Å². The quantitative estimate of drug-likeness (QED) is 0.367. The van der Waals surface area contributed by atoms with Crippen LogP contribution in [-0.4, -0.2) is 95.4 Å². The summed E-state index contributed by atoms with van der Waals surface area (Å²) in [6.45, 7) is 2.90. The maximum atomic E-state index is 13.4. The number of nitrogens with one attached hydrogen (secondary N) is 1. The van der Waals surface area contributed by atoms with E-state index in [1.807, 2.05) is 11.0 Å². The van der Waals surface area contributed by atoms with Crippen molar-refractivity contribution in [3.8, 4) is 0 Å². The number of nitrogens with zero attached hydrogens (tertiary/aromatic N) is 3. The highest BCUT2D eigenvalue weighted by Crippen LogP contribution is 2.47. The molecule has 230 valence electrons. The van der Waals surface area contributed by atoms with E-state index in [1.165, 1.54) is 21.6 Å². The van der Waals surface area contributed by atoms with Gasteiger partial charge in [0.1, 0.15) is 0 Å². The normalized spacial score (nSPS) is 23.3. The zero-order valence-electron chi connectivity index (χ0n) is 23.9. The number of aliphatic hydroxyl groups is 2. The highest BCUT2D eigenvalue weighted by Gasteiger charge is 2.40. The Morgan fingerprint density at radius 1 is 0.976 bits per heavy atom. The lowest BCUT2D eigenvalue weighted by Gasteiger charge is -2.41. The minimum Gasteiger partial charge on any atom is -0.395 e. The topological polar surface area (TPSA) is 96.4 Å². The van der Waals surface area contributed by atoms with Crippen molar-refractivity contribution in [2.24, 2.45) is 11.8 Å². The van der Waals surface area contributed by atoms with Gasteiger partial charge < -0.3 is 30.2 Å². The Kier molecular flexibility index (Phi) is 11.0. The lowest BCUT2D eigenvalue weighted by Crippen LogP contribution is -2.49. The molecular formula is C31H41Br2ClN4O4. The van der Waals surface area contributed by atoms with E-state index >= 15 is 0 Å². The SMILES string of the molecule is O=C(CC1CCN(C(=O)N(CCO)CCO)CC1)N1CCC(C2c3c(Br)cc(Cl)cc3CCC3=CC(Br)=CNC32)CC1. The van der Waals surface area contributed by atoms with Gasteiger partial charge in [0.25, 0.3) is 0 Å². The summed E-state index contributed by atoms with van der Waals surface area (Å²) in [4.78, 5) is 31.5. The van der Waals surface area contributed by atoms with Gasteiger partial charge in [-0.25, -0.2) is 4.79 Å². The van der Waals surface area contributed by atoms with Gasteiger partial charge in [-0.2, -0.15) is 0 Å². The Morgan fingerprint density at radius 2 is 1.64 bits per heavy atom. The number of amides is 3. The molecule has 11 heteroatoms. The number of aryl methyl sites for hydroxylation is 1. The molecule has 8 nitrogen and oxygen atoms in total. The molecule has 1 aromatic rings. The van der Waals surface area contributed by atoms with E-state index in [4.69, 9.17) is 11.6 Å². The fourth-order valence-corrected chi connectivity index (χ4v) is 8.84. The number of aliphatic hydroxyl groups excluding tert-OH is 2. The molecule has 3 aliphatic heterocycles. The Bertz CT molecular complexity index is 1210. The van der Waals surface area contributed by atoms with Crippen LogP contribution in [-0.2, 0) is 11.2 Å². The summed E-state index contributed by atoms with van der Waals surface area (Å²) in [6, 6.07) is 4.22. The maximum absolute atomic E-state index is 13.4. The van der Waals surface area contributed by atoms with Gasteiger partial charge in [-0.1, -0.05) is 27.5 Å². The number of dihydropyridines is 1. The molecule has 3 heterocycles. The maximum Gasteiger partial charge on any atom is 0.320 e. The lowest BCUT2D eigenvalue weighted by molar-refractivity contribution is -0.134. The molecule has 0 bridgehead atoms. The molecule has 0 radical (unpaired) electrons. The predicted molar refractivity (Wildman–Crippen MR) is 172 cm³/mol. The van der Waals surface area contributed by atoms with Crippen molar-refractivity contribution in [1.29, 1.82) is 0 Å². The molecular weight excluding hydrogens is 688 g/mol. The van der Waals surface area contributed by atoms with Crippen LogP contribution in [0.3, 0.4) is 0 Å². The van der Waals surface area contributed by atoms with Gasteiger partial charge >= 0.3 is 6.03 Å². The molecule has 2 unspecified atom stereocenters. The molecule has 1 aliphatic carbocycles. The number of carbonyl (C=O) groups is 2. The number of likely N-dealkylation sites (tertiary alicyclic amines) is 2. The molecule has 2 saturated heterocycles. The van der Waals surface area contributed by atoms with E-state index in [0.717, 1.165) is 65.6 Å². The Labute approximate surface area is 270 Å². The van der Waals surface area contributed by atoms with Crippen LogP contribution in [0.5, 0.6) is 0 Å². The molecule has 3 amide bonds. The van der Waals surface area contributed by atoms with Gasteiger partial charge in [0.2, 0.25) is 5.91 Å². The van der Waals surface area contributed by atoms with Gasteiger partial charge in [0.15, 0.2) is 0 Å². The predicted octanol–water partition coefficient (Wildman–Crippen LogP) is 5.01. The van der Waals surface area contributed by atoms with Crippen molar-refractivity contribution in [2.45, 2.75) is 56.9 Å². The smallest absolute Gasteiger partial charge is 0.320 e. The molecule has 0 saturated carbocycles. The van der Waals surface area contributed by atoms with Crippen LogP contribution in [0.4, 0.5) is 4.79 Å². The molecule has 42 heavy (non-hydrogen) atoms. The van der Waals surface area contributed by atoms with E-state index in [2.05, 4.69) is 55.5 Å². The first kappa shape index (κ1) is 31.8. The van der Waals surface area contributed by atoms with E-state index < -0.39 is 0 Å². The first-order chi connectivity index (χ1) is 20.3. The van der Waals surface area contributed by atoms with Crippen molar-refractivity contribution < 1.29 is 19.8 Å². The second kappa shape index (κ2) is 14.5. The van der Waals surface area contributed by atoms with Gasteiger partial charge in [-0.15, -0.1) is 0 Å². The largest absolute Gasteiger partial charge is 0.395 e. The van der Waals surface area contributed by atoms with Crippen molar-refractivity contribution in [3.05, 3.63) is 55.1 Å². The van der Waals surface area contributed by atoms with Gasteiger partial charge in [0, 0.05) is 71.8 Å². The van der Waals surface area contributed by atoms with Crippen LogP contribution in [0.25, 0.3) is 0 Å². The third-order valence-electron chi connectivity index (χ3n) is 9.44. The van der Waals surface area contributed by atoms with Crippen LogP contribution < -0.4 is 5.32 Å². The summed E-state index contributed by atoms with van der Waals surface area (Å²) >= 11 is 14.0. The molecule has 4 aliphatic rings. The highest BCUT2D eigenvalue weighted by molar-refractivity contribution is 9.12. The number of piperidine rings is 2. The summed E-state index contributed by atoms with van der Waals surface area (Å²) in [6.07, 6.45) is 10.3. The van der Waals surface area contributed by atoms with E-state index in [9.17, 15) is 19.8 Å². The first-order valence-corrected chi connectivity index (χ1v) is 17.1. The Hall–Kier alpha value is -1.59. The van der Waals surface area contributed by atoms with E-state index in [-0.39, 0.29) is 56.1 Å². The van der Waals surface area contributed by atoms with Crippen molar-refractivity contribution in [1.82, 2.24) is 20.0 Å². The minimum atomic E-state index is -0.146. The van der Waals surface area contributed by atoms with Gasteiger partial charge in [-0.3, -0.25) is 4.79 Å². The highest BCUT2D eigenvalue weighted by atomic mass is 79.9. The summed E-state index contributed by atoms with van der Waals surface area (Å²) < 4.78 is 2.14. The van der Waals surface area contributed by atoms with Crippen LogP contribution >= 0.6 is 43.5 Å². The second-order valence-electron chi connectivity index (χ2n) is 11.9. The standard InChI is InChI=1S/C31H41Br2ClN4O4/c32-24-16-23-2-1-22-17-25(34)18-26(33)28(22)29(30(23)35-19-24)21-5-9-36(10-6-21)27(41)15-20-3-7-37(8-4-20)31(42)38(11-13-39)12-14-40/h16-21,29-30,35,39-40H,1-15H2. The molecule has 0 spiro atoms. The molecule has 2 atom stereocenters. The fourth-order valence-electron chi connectivity index (χ4n) is 7.28. The number of benzene rings is 1. The second-order valence-corrected chi connectivity index (χ2v) is 14.2. The average Bonchev–Trinajstić information content (AvgIpc) is 3.14. The average molecular weight is 729 g/mol. The number of fused-ring (bicyclic) bond motifs is 2. The van der Waals surface area contributed by atoms with Crippen LogP contribution in [0.2, 0.25) is 5.02 Å². The van der Waals surface area contributed by atoms with Crippen LogP contribution in [0.1, 0.15) is 55.6 Å². The molecule has 5 rings (SSSR count). The zero-order chi connectivity index (χ0) is 29.8. The monoisotopic (exact) mass is 726 g/mol. The number of hydrogen-bond acceptors (Lipinski definition) is 5. The number of allylic oxidation sites excluding steroid dienone is 2.